The van der Waals surface area contributed by atoms with Crippen LogP contribution in [-0.4, -0.2) is 10.7 Å². The quantitative estimate of drug-likeness (QED) is 0.641. The monoisotopic (exact) mass is 374 g/mol. The van der Waals surface area contributed by atoms with Crippen molar-refractivity contribution in [3.8, 4) is 0 Å². The highest BCUT2D eigenvalue weighted by molar-refractivity contribution is 7.82. The molecule has 0 aromatic heterocycles. The molecule has 1 aliphatic rings. The molecule has 0 heterocycles. The van der Waals surface area contributed by atoms with E-state index in [2.05, 4.69) is 0 Å². The standard InChI is InChI=1S/C24H23O2P/c25-24(17-10-18-24)23(19-20-11-4-1-5-12-20)27(26,21-13-6-2-7-14-21)22-15-8-3-9-16-22/h1-9,11-16,19,25H,10,17-18H2/b23-19+. The second-order valence-corrected chi connectivity index (χ2v) is 9.84. The maximum Gasteiger partial charge on any atom is 0.170 e. The van der Waals surface area contributed by atoms with Crippen molar-refractivity contribution >= 4 is 23.8 Å². The smallest absolute Gasteiger partial charge is 0.170 e. The molecule has 2 nitrogen and oxygen atoms in total. The molecule has 0 aliphatic heterocycles. The molecule has 1 saturated carbocycles. The molecule has 1 aliphatic carbocycles. The Balaban J connectivity index is 1.98. The van der Waals surface area contributed by atoms with E-state index in [4.69, 9.17) is 0 Å². The van der Waals surface area contributed by atoms with Gasteiger partial charge in [0.1, 0.15) is 0 Å². The maximum absolute atomic E-state index is 14.7. The van der Waals surface area contributed by atoms with Crippen molar-refractivity contribution in [1.82, 2.24) is 0 Å². The van der Waals surface area contributed by atoms with E-state index in [1.54, 1.807) is 0 Å². The van der Waals surface area contributed by atoms with Gasteiger partial charge in [-0.2, -0.15) is 0 Å². The fraction of sp³-hybridized carbons (Fsp3) is 0.167. The molecule has 1 fully saturated rings. The van der Waals surface area contributed by atoms with Gasteiger partial charge in [-0.25, -0.2) is 0 Å². The van der Waals surface area contributed by atoms with Gasteiger partial charge in [0.25, 0.3) is 0 Å². The fourth-order valence-corrected chi connectivity index (χ4v) is 6.88. The highest BCUT2D eigenvalue weighted by atomic mass is 31.2. The largest absolute Gasteiger partial charge is 0.385 e. The van der Waals surface area contributed by atoms with E-state index in [0.29, 0.717) is 18.2 Å². The molecular formula is C24H23O2P. The molecule has 0 unspecified atom stereocenters. The lowest BCUT2D eigenvalue weighted by Gasteiger charge is -2.42. The van der Waals surface area contributed by atoms with Gasteiger partial charge in [0.2, 0.25) is 0 Å². The van der Waals surface area contributed by atoms with E-state index in [0.717, 1.165) is 22.6 Å². The van der Waals surface area contributed by atoms with Gasteiger partial charge in [-0.05, 0) is 30.9 Å². The van der Waals surface area contributed by atoms with E-state index in [1.807, 2.05) is 97.1 Å². The van der Waals surface area contributed by atoms with Gasteiger partial charge in [0.05, 0.1) is 5.60 Å². The number of aliphatic hydroxyl groups is 1. The van der Waals surface area contributed by atoms with Crippen LogP contribution in [0.3, 0.4) is 0 Å². The van der Waals surface area contributed by atoms with Crippen molar-refractivity contribution in [3.63, 3.8) is 0 Å². The zero-order valence-electron chi connectivity index (χ0n) is 15.2. The number of benzene rings is 3. The van der Waals surface area contributed by atoms with Crippen LogP contribution in [0.25, 0.3) is 6.08 Å². The molecule has 0 saturated heterocycles. The Hall–Kier alpha value is -2.41. The molecule has 0 amide bonds. The number of hydrogen-bond acceptors (Lipinski definition) is 2. The molecule has 27 heavy (non-hydrogen) atoms. The first-order valence-electron chi connectivity index (χ1n) is 9.34. The second-order valence-electron chi connectivity index (χ2n) is 7.11. The molecule has 4 rings (SSSR count). The molecular weight excluding hydrogens is 351 g/mol. The van der Waals surface area contributed by atoms with Crippen LogP contribution in [0.15, 0.2) is 96.3 Å². The molecule has 0 spiro atoms. The summed E-state index contributed by atoms with van der Waals surface area (Å²) in [7, 11) is -3.18. The van der Waals surface area contributed by atoms with Gasteiger partial charge >= 0.3 is 0 Å². The molecule has 3 aromatic carbocycles. The van der Waals surface area contributed by atoms with Crippen molar-refractivity contribution in [1.29, 1.82) is 0 Å². The van der Waals surface area contributed by atoms with Crippen LogP contribution in [0.1, 0.15) is 24.8 Å². The zero-order chi connectivity index (χ0) is 18.7. The molecule has 3 aromatic rings. The predicted molar refractivity (Wildman–Crippen MR) is 113 cm³/mol. The summed E-state index contributed by atoms with van der Waals surface area (Å²) >= 11 is 0. The average Bonchev–Trinajstić information content (AvgIpc) is 2.72. The van der Waals surface area contributed by atoms with Crippen molar-refractivity contribution in [2.24, 2.45) is 0 Å². The molecule has 0 radical (unpaired) electrons. The van der Waals surface area contributed by atoms with Crippen molar-refractivity contribution < 1.29 is 9.67 Å². The van der Waals surface area contributed by atoms with Crippen molar-refractivity contribution in [3.05, 3.63) is 102 Å². The summed E-state index contributed by atoms with van der Waals surface area (Å²) in [6.07, 6.45) is 4.19. The van der Waals surface area contributed by atoms with E-state index in [9.17, 15) is 9.67 Å². The summed E-state index contributed by atoms with van der Waals surface area (Å²) in [4.78, 5) is 0. The second kappa shape index (κ2) is 7.31. The summed E-state index contributed by atoms with van der Waals surface area (Å²) in [5.41, 5.74) is -0.0586. The number of hydrogen-bond donors (Lipinski definition) is 1. The number of rotatable bonds is 5. The minimum Gasteiger partial charge on any atom is -0.385 e. The summed E-state index contributed by atoms with van der Waals surface area (Å²) in [5.74, 6) is 0. The Morgan fingerprint density at radius 3 is 1.63 bits per heavy atom. The first kappa shape index (κ1) is 18.0. The van der Waals surface area contributed by atoms with Crippen LogP contribution in [-0.2, 0) is 4.57 Å². The van der Waals surface area contributed by atoms with Crippen LogP contribution >= 0.6 is 7.14 Å². The molecule has 3 heteroatoms. The average molecular weight is 374 g/mol. The van der Waals surface area contributed by atoms with E-state index >= 15 is 0 Å². The predicted octanol–water partition coefficient (Wildman–Crippen LogP) is 4.96. The first-order valence-corrected chi connectivity index (χ1v) is 11.1. The van der Waals surface area contributed by atoms with Gasteiger partial charge in [0, 0.05) is 15.9 Å². The van der Waals surface area contributed by atoms with Gasteiger partial charge in [-0.3, -0.25) is 0 Å². The molecule has 136 valence electrons. The Morgan fingerprint density at radius 1 is 0.778 bits per heavy atom. The molecule has 0 atom stereocenters. The molecule has 1 N–H and O–H groups in total. The Kier molecular flexibility index (Phi) is 4.86. The lowest BCUT2D eigenvalue weighted by Crippen LogP contribution is -2.41. The SMILES string of the molecule is O=P(/C(=C/c1ccccc1)C1(O)CCC1)(c1ccccc1)c1ccccc1. The van der Waals surface area contributed by atoms with Crippen molar-refractivity contribution in [2.45, 2.75) is 24.9 Å². The third kappa shape index (κ3) is 3.32. The summed E-state index contributed by atoms with van der Waals surface area (Å²) in [6.45, 7) is 0. The summed E-state index contributed by atoms with van der Waals surface area (Å²) < 4.78 is 14.7. The van der Waals surface area contributed by atoms with Gasteiger partial charge in [-0.15, -0.1) is 0 Å². The topological polar surface area (TPSA) is 37.3 Å². The fourth-order valence-electron chi connectivity index (χ4n) is 3.70. The summed E-state index contributed by atoms with van der Waals surface area (Å²) in [6, 6.07) is 29.0. The minimum atomic E-state index is -3.18. The zero-order valence-corrected chi connectivity index (χ0v) is 16.1. The third-order valence-electron chi connectivity index (χ3n) is 5.34. The van der Waals surface area contributed by atoms with E-state index in [1.165, 1.54) is 0 Å². The molecule has 0 bridgehead atoms. The third-order valence-corrected chi connectivity index (χ3v) is 8.61. The first-order chi connectivity index (χ1) is 13.1. The van der Waals surface area contributed by atoms with Crippen LogP contribution in [0, 0.1) is 0 Å². The van der Waals surface area contributed by atoms with Crippen LogP contribution in [0.2, 0.25) is 0 Å². The van der Waals surface area contributed by atoms with Crippen LogP contribution < -0.4 is 10.6 Å². The Labute approximate surface area is 160 Å². The minimum absolute atomic E-state index is 0.643. The Bertz CT molecular complexity index is 931. The lowest BCUT2D eigenvalue weighted by atomic mass is 9.79. The lowest BCUT2D eigenvalue weighted by molar-refractivity contribution is 0.0104. The van der Waals surface area contributed by atoms with Gasteiger partial charge in [-0.1, -0.05) is 91.0 Å². The van der Waals surface area contributed by atoms with Gasteiger partial charge in [0.15, 0.2) is 7.14 Å². The highest BCUT2D eigenvalue weighted by Gasteiger charge is 2.47. The summed E-state index contributed by atoms with van der Waals surface area (Å²) in [5, 5.41) is 13.5. The highest BCUT2D eigenvalue weighted by Crippen LogP contribution is 2.60. The van der Waals surface area contributed by atoms with E-state index in [-0.39, 0.29) is 0 Å². The van der Waals surface area contributed by atoms with Crippen LogP contribution in [0.5, 0.6) is 0 Å². The van der Waals surface area contributed by atoms with Crippen LogP contribution in [0.4, 0.5) is 0 Å². The van der Waals surface area contributed by atoms with E-state index < -0.39 is 12.7 Å². The van der Waals surface area contributed by atoms with Gasteiger partial charge < -0.3 is 9.67 Å². The normalized spacial score (nSPS) is 16.6. The maximum atomic E-state index is 14.7. The Morgan fingerprint density at radius 2 is 1.22 bits per heavy atom. The van der Waals surface area contributed by atoms with Crippen molar-refractivity contribution in [2.75, 3.05) is 0 Å².